The highest BCUT2D eigenvalue weighted by atomic mass is 79.9. The summed E-state index contributed by atoms with van der Waals surface area (Å²) in [4.78, 5) is 16.5. The molecule has 4 N–H and O–H groups in total. The maximum atomic E-state index is 12.3. The summed E-state index contributed by atoms with van der Waals surface area (Å²) in [7, 11) is 0. The molecule has 0 aliphatic carbocycles. The van der Waals surface area contributed by atoms with Crippen LogP contribution < -0.4 is 16.6 Å². The first-order valence-electron chi connectivity index (χ1n) is 6.51. The number of nitrogens with two attached hydrogens (primary N) is 1. The number of aryl methyl sites for hydroxylation is 1. The molecule has 1 aromatic heterocycles. The van der Waals surface area contributed by atoms with E-state index >= 15 is 0 Å². The number of pyridine rings is 1. The van der Waals surface area contributed by atoms with Crippen LogP contribution in [-0.4, -0.2) is 10.9 Å². The predicted molar refractivity (Wildman–Crippen MR) is 86.8 cm³/mol. The van der Waals surface area contributed by atoms with Crippen molar-refractivity contribution in [2.75, 3.05) is 5.43 Å². The van der Waals surface area contributed by atoms with Gasteiger partial charge in [0.1, 0.15) is 5.82 Å². The summed E-state index contributed by atoms with van der Waals surface area (Å²) in [6, 6.07) is 11.1. The van der Waals surface area contributed by atoms with Gasteiger partial charge in [0.05, 0.1) is 6.04 Å². The number of benzene rings is 1. The molecule has 0 aliphatic heterocycles. The third-order valence-electron chi connectivity index (χ3n) is 3.08. The quantitative estimate of drug-likeness (QED) is 0.586. The Morgan fingerprint density at radius 1 is 1.29 bits per heavy atom. The normalized spacial score (nSPS) is 11.8. The van der Waals surface area contributed by atoms with Crippen molar-refractivity contribution < 1.29 is 4.79 Å². The molecule has 0 saturated carbocycles. The lowest BCUT2D eigenvalue weighted by Crippen LogP contribution is -2.27. The molecule has 0 saturated heterocycles. The number of nitrogen functional groups attached to an aromatic ring is 1. The van der Waals surface area contributed by atoms with Crippen LogP contribution in [0.4, 0.5) is 5.82 Å². The highest BCUT2D eigenvalue weighted by Crippen LogP contribution is 2.17. The minimum Gasteiger partial charge on any atom is -0.346 e. The molecule has 6 heteroatoms. The first kappa shape index (κ1) is 15.5. The van der Waals surface area contributed by atoms with Crippen molar-refractivity contribution in [2.45, 2.75) is 19.9 Å². The molecule has 1 amide bonds. The molecule has 0 spiro atoms. The Labute approximate surface area is 132 Å². The summed E-state index contributed by atoms with van der Waals surface area (Å²) in [6.45, 7) is 3.76. The third kappa shape index (κ3) is 4.03. The molecule has 0 aliphatic rings. The summed E-state index contributed by atoms with van der Waals surface area (Å²) in [5, 5.41) is 2.96. The lowest BCUT2D eigenvalue weighted by Gasteiger charge is -2.15. The number of amides is 1. The number of nitrogens with zero attached hydrogens (tertiary/aromatic N) is 1. The molecule has 0 fully saturated rings. The lowest BCUT2D eigenvalue weighted by molar-refractivity contribution is 0.0939. The summed E-state index contributed by atoms with van der Waals surface area (Å²) >= 11 is 3.39. The van der Waals surface area contributed by atoms with Gasteiger partial charge in [0.25, 0.3) is 5.91 Å². The molecule has 2 aromatic rings. The average molecular weight is 349 g/mol. The second-order valence-electron chi connectivity index (χ2n) is 4.77. The number of anilines is 1. The van der Waals surface area contributed by atoms with Crippen molar-refractivity contribution in [3.8, 4) is 0 Å². The lowest BCUT2D eigenvalue weighted by atomic mass is 10.1. The van der Waals surface area contributed by atoms with Crippen molar-refractivity contribution in [1.29, 1.82) is 0 Å². The monoisotopic (exact) mass is 348 g/mol. The van der Waals surface area contributed by atoms with Crippen molar-refractivity contribution in [1.82, 2.24) is 10.3 Å². The molecule has 21 heavy (non-hydrogen) atoms. The molecule has 1 aromatic carbocycles. The van der Waals surface area contributed by atoms with E-state index in [-0.39, 0.29) is 11.9 Å². The first-order chi connectivity index (χ1) is 9.99. The number of halogens is 1. The second kappa shape index (κ2) is 6.69. The van der Waals surface area contributed by atoms with Gasteiger partial charge in [0.2, 0.25) is 0 Å². The van der Waals surface area contributed by atoms with Crippen LogP contribution in [0, 0.1) is 6.92 Å². The van der Waals surface area contributed by atoms with Crippen LogP contribution in [0.2, 0.25) is 0 Å². The first-order valence-corrected chi connectivity index (χ1v) is 7.30. The zero-order valence-electron chi connectivity index (χ0n) is 11.9. The maximum absolute atomic E-state index is 12.3. The van der Waals surface area contributed by atoms with Crippen molar-refractivity contribution >= 4 is 27.7 Å². The molecule has 1 heterocycles. The fraction of sp³-hybridized carbons (Fsp3) is 0.200. The molecular formula is C15H17BrN4O. The van der Waals surface area contributed by atoms with E-state index in [1.54, 1.807) is 12.1 Å². The Bertz CT molecular complexity index is 643. The van der Waals surface area contributed by atoms with E-state index in [9.17, 15) is 4.79 Å². The Kier molecular flexibility index (Phi) is 4.93. The fourth-order valence-corrected chi connectivity index (χ4v) is 2.25. The Balaban J connectivity index is 2.13. The summed E-state index contributed by atoms with van der Waals surface area (Å²) in [5.41, 5.74) is 4.75. The van der Waals surface area contributed by atoms with Crippen molar-refractivity contribution in [2.24, 2.45) is 5.84 Å². The summed E-state index contributed by atoms with van der Waals surface area (Å²) in [5.74, 6) is 5.65. The van der Waals surface area contributed by atoms with Gasteiger partial charge in [0, 0.05) is 15.7 Å². The van der Waals surface area contributed by atoms with Crippen molar-refractivity contribution in [3.05, 3.63) is 57.7 Å². The molecule has 5 nitrogen and oxygen atoms in total. The molecule has 110 valence electrons. The van der Waals surface area contributed by atoms with Gasteiger partial charge in [0.15, 0.2) is 0 Å². The van der Waals surface area contributed by atoms with Crippen LogP contribution in [0.15, 0.2) is 40.9 Å². The number of nitrogens with one attached hydrogen (secondary N) is 2. The maximum Gasteiger partial charge on any atom is 0.251 e. The number of aromatic nitrogens is 1. The number of hydrazine groups is 1. The van der Waals surface area contributed by atoms with E-state index in [1.165, 1.54) is 0 Å². The van der Waals surface area contributed by atoms with Gasteiger partial charge >= 0.3 is 0 Å². The van der Waals surface area contributed by atoms with Crippen molar-refractivity contribution in [3.63, 3.8) is 0 Å². The Hall–Kier alpha value is -1.92. The summed E-state index contributed by atoms with van der Waals surface area (Å²) < 4.78 is 1.01. The fourth-order valence-electron chi connectivity index (χ4n) is 1.99. The van der Waals surface area contributed by atoms with Crippen LogP contribution in [0.25, 0.3) is 0 Å². The van der Waals surface area contributed by atoms with Gasteiger partial charge in [-0.3, -0.25) is 4.79 Å². The predicted octanol–water partition coefficient (Wildman–Crippen LogP) is 2.93. The zero-order valence-corrected chi connectivity index (χ0v) is 13.4. The van der Waals surface area contributed by atoms with E-state index in [4.69, 9.17) is 5.84 Å². The number of carbonyl (C=O) groups excluding carboxylic acids is 1. The second-order valence-corrected chi connectivity index (χ2v) is 5.69. The minimum atomic E-state index is -0.160. The van der Waals surface area contributed by atoms with E-state index in [0.29, 0.717) is 11.4 Å². The molecule has 1 unspecified atom stereocenters. The van der Waals surface area contributed by atoms with Crippen LogP contribution in [0.5, 0.6) is 0 Å². The van der Waals surface area contributed by atoms with Gasteiger partial charge in [-0.15, -0.1) is 0 Å². The van der Waals surface area contributed by atoms with E-state index in [1.807, 2.05) is 38.1 Å². The standard InChI is InChI=1S/C15H17BrN4O/c1-9-7-12(8-14(18-9)20-17)15(21)19-10(2)11-3-5-13(16)6-4-11/h3-8,10H,17H2,1-2H3,(H,18,20)(H,19,21). The highest BCUT2D eigenvalue weighted by molar-refractivity contribution is 9.10. The third-order valence-corrected chi connectivity index (χ3v) is 3.61. The molecule has 0 bridgehead atoms. The SMILES string of the molecule is Cc1cc(C(=O)NC(C)c2ccc(Br)cc2)cc(NN)n1. The van der Waals surface area contributed by atoms with Crippen LogP contribution >= 0.6 is 15.9 Å². The van der Waals surface area contributed by atoms with Crippen LogP contribution in [0.1, 0.15) is 34.6 Å². The molecule has 1 atom stereocenters. The number of carbonyl (C=O) groups is 1. The molecule has 2 rings (SSSR count). The van der Waals surface area contributed by atoms with Gasteiger partial charge in [-0.1, -0.05) is 28.1 Å². The van der Waals surface area contributed by atoms with Gasteiger partial charge in [-0.05, 0) is 43.7 Å². The van der Waals surface area contributed by atoms with Crippen LogP contribution in [0.3, 0.4) is 0 Å². The number of hydrogen-bond acceptors (Lipinski definition) is 4. The van der Waals surface area contributed by atoms with Gasteiger partial charge < -0.3 is 10.7 Å². The van der Waals surface area contributed by atoms with Gasteiger partial charge in [-0.2, -0.15) is 0 Å². The van der Waals surface area contributed by atoms with E-state index in [0.717, 1.165) is 15.7 Å². The van der Waals surface area contributed by atoms with Gasteiger partial charge in [-0.25, -0.2) is 10.8 Å². The smallest absolute Gasteiger partial charge is 0.251 e. The zero-order chi connectivity index (χ0) is 15.4. The minimum absolute atomic E-state index is 0.0895. The summed E-state index contributed by atoms with van der Waals surface area (Å²) in [6.07, 6.45) is 0. The number of hydrogen-bond donors (Lipinski definition) is 3. The van der Waals surface area contributed by atoms with E-state index in [2.05, 4.69) is 31.7 Å². The number of rotatable bonds is 4. The topological polar surface area (TPSA) is 80.0 Å². The average Bonchev–Trinajstić information content (AvgIpc) is 2.47. The Morgan fingerprint density at radius 3 is 2.57 bits per heavy atom. The molecular weight excluding hydrogens is 332 g/mol. The Morgan fingerprint density at radius 2 is 1.95 bits per heavy atom. The van der Waals surface area contributed by atoms with Crippen LogP contribution in [-0.2, 0) is 0 Å². The largest absolute Gasteiger partial charge is 0.346 e. The molecule has 0 radical (unpaired) electrons. The van der Waals surface area contributed by atoms with E-state index < -0.39 is 0 Å². The highest BCUT2D eigenvalue weighted by Gasteiger charge is 2.13.